The fourth-order valence-electron chi connectivity index (χ4n) is 2.52. The summed E-state index contributed by atoms with van der Waals surface area (Å²) in [5.41, 5.74) is 0.847. The van der Waals surface area contributed by atoms with Crippen LogP contribution < -0.4 is 14.1 Å². The van der Waals surface area contributed by atoms with E-state index >= 15 is 0 Å². The third-order valence-corrected chi connectivity index (χ3v) is 6.85. The van der Waals surface area contributed by atoms with E-state index in [1.165, 1.54) is 6.92 Å². The molecule has 0 aromatic heterocycles. The minimum Gasteiger partial charge on any atom is -0.460 e. The molecule has 2 atom stereocenters. The van der Waals surface area contributed by atoms with Gasteiger partial charge >= 0.3 is 13.7 Å². The maximum Gasteiger partial charge on any atom is 0.513 e. The second-order valence-electron chi connectivity index (χ2n) is 6.49. The van der Waals surface area contributed by atoms with Gasteiger partial charge in [0.05, 0.1) is 8.95 Å². The molecule has 0 spiro atoms. The first-order valence-electron chi connectivity index (χ1n) is 9.33. The van der Waals surface area contributed by atoms with E-state index in [2.05, 4.69) is 36.9 Å². The van der Waals surface area contributed by atoms with Gasteiger partial charge in [-0.2, -0.15) is 5.09 Å². The number of halogens is 2. The Morgan fingerprint density at radius 1 is 0.903 bits per heavy atom. The van der Waals surface area contributed by atoms with Gasteiger partial charge in [-0.1, -0.05) is 54.6 Å². The van der Waals surface area contributed by atoms with Gasteiger partial charge in [0, 0.05) is 0 Å². The molecule has 0 aliphatic carbocycles. The smallest absolute Gasteiger partial charge is 0.460 e. The molecule has 0 bridgehead atoms. The number of esters is 1. The van der Waals surface area contributed by atoms with Gasteiger partial charge in [-0.25, -0.2) is 4.57 Å². The van der Waals surface area contributed by atoms with E-state index in [1.54, 1.807) is 48.5 Å². The van der Waals surface area contributed by atoms with Gasteiger partial charge in [-0.3, -0.25) is 4.79 Å². The maximum absolute atomic E-state index is 13.6. The highest BCUT2D eigenvalue weighted by Gasteiger charge is 2.35. The van der Waals surface area contributed by atoms with Crippen LogP contribution in [0.25, 0.3) is 0 Å². The number of hydrogen-bond acceptors (Lipinski definition) is 5. The van der Waals surface area contributed by atoms with Crippen LogP contribution in [-0.2, 0) is 20.7 Å². The van der Waals surface area contributed by atoms with Crippen molar-refractivity contribution in [3.63, 3.8) is 0 Å². The Kier molecular flexibility index (Phi) is 8.32. The van der Waals surface area contributed by atoms with Gasteiger partial charge in [-0.05, 0) is 68.6 Å². The summed E-state index contributed by atoms with van der Waals surface area (Å²) in [6.45, 7) is 1.64. The summed E-state index contributed by atoms with van der Waals surface area (Å²) >= 11 is 6.76. The van der Waals surface area contributed by atoms with Crippen LogP contribution in [0.15, 0.2) is 87.8 Å². The third kappa shape index (κ3) is 6.94. The van der Waals surface area contributed by atoms with E-state index in [1.807, 2.05) is 30.3 Å². The van der Waals surface area contributed by atoms with Crippen molar-refractivity contribution in [1.29, 1.82) is 0 Å². The van der Waals surface area contributed by atoms with Gasteiger partial charge < -0.3 is 13.8 Å². The molecule has 0 saturated carbocycles. The Hall–Kier alpha value is -2.12. The van der Waals surface area contributed by atoms with Gasteiger partial charge in [0.2, 0.25) is 0 Å². The van der Waals surface area contributed by atoms with Crippen LogP contribution in [0.1, 0.15) is 12.5 Å². The first-order chi connectivity index (χ1) is 14.9. The number of ether oxygens (including phenoxy) is 1. The molecule has 0 fully saturated rings. The molecule has 31 heavy (non-hydrogen) atoms. The predicted molar refractivity (Wildman–Crippen MR) is 126 cm³/mol. The monoisotopic (exact) mass is 567 g/mol. The van der Waals surface area contributed by atoms with Crippen LogP contribution in [0.4, 0.5) is 0 Å². The summed E-state index contributed by atoms with van der Waals surface area (Å²) in [5.74, 6) is 0.0148. The average molecular weight is 569 g/mol. The van der Waals surface area contributed by atoms with Gasteiger partial charge in [0.1, 0.15) is 18.4 Å². The van der Waals surface area contributed by atoms with E-state index < -0.39 is 19.8 Å². The number of carbonyl (C=O) groups excluding carboxylic acids is 1. The number of carbonyl (C=O) groups is 1. The van der Waals surface area contributed by atoms with E-state index in [9.17, 15) is 9.36 Å². The number of nitrogens with one attached hydrogen (secondary N) is 1. The second-order valence-corrected chi connectivity index (χ2v) is 9.81. The fraction of sp³-hybridized carbons (Fsp3) is 0.136. The molecule has 0 amide bonds. The lowest BCUT2D eigenvalue weighted by Crippen LogP contribution is -2.35. The Morgan fingerprint density at radius 3 is 2.10 bits per heavy atom. The van der Waals surface area contributed by atoms with Crippen molar-refractivity contribution in [3.8, 4) is 11.5 Å². The summed E-state index contributed by atoms with van der Waals surface area (Å²) in [4.78, 5) is 12.5. The number of rotatable bonds is 9. The standard InChI is InChI=1S/C22H20Br2NO5P/c1-16(22(26)28-15-17-9-4-2-5-10-17)25-31(27,29-18-11-6-3-7-12-18)30-21-19(23)13-8-14-20(21)24/h2-14,16H,15H2,1H3,(H,25,27)/t16-,31?/m0/s1. The van der Waals surface area contributed by atoms with Crippen molar-refractivity contribution in [1.82, 2.24) is 5.09 Å². The zero-order valence-electron chi connectivity index (χ0n) is 16.5. The molecule has 0 aliphatic heterocycles. The van der Waals surface area contributed by atoms with E-state index in [4.69, 9.17) is 13.8 Å². The number of para-hydroxylation sites is 2. The molecule has 1 N–H and O–H groups in total. The highest BCUT2D eigenvalue weighted by molar-refractivity contribution is 9.11. The van der Waals surface area contributed by atoms with E-state index in [-0.39, 0.29) is 12.4 Å². The summed E-state index contributed by atoms with van der Waals surface area (Å²) in [6.07, 6.45) is 0. The normalized spacial score (nSPS) is 13.6. The summed E-state index contributed by atoms with van der Waals surface area (Å²) in [7, 11) is -4.03. The van der Waals surface area contributed by atoms with Crippen LogP contribution in [0.3, 0.4) is 0 Å². The minimum absolute atomic E-state index is 0.103. The van der Waals surface area contributed by atoms with Crippen molar-refractivity contribution in [2.24, 2.45) is 0 Å². The molecule has 1 unspecified atom stereocenters. The van der Waals surface area contributed by atoms with Crippen LogP contribution >= 0.6 is 39.6 Å². The van der Waals surface area contributed by atoms with Crippen molar-refractivity contribution in [2.45, 2.75) is 19.6 Å². The highest BCUT2D eigenvalue weighted by atomic mass is 79.9. The maximum atomic E-state index is 13.6. The topological polar surface area (TPSA) is 73.9 Å². The summed E-state index contributed by atoms with van der Waals surface area (Å²) in [5, 5.41) is 2.68. The molecule has 0 aliphatic rings. The van der Waals surface area contributed by atoms with E-state index in [0.717, 1.165) is 5.56 Å². The molecule has 9 heteroatoms. The lowest BCUT2D eigenvalue weighted by molar-refractivity contribution is -0.146. The van der Waals surface area contributed by atoms with Gasteiger partial charge in [-0.15, -0.1) is 0 Å². The first-order valence-corrected chi connectivity index (χ1v) is 12.5. The number of benzene rings is 3. The fourth-order valence-corrected chi connectivity index (χ4v) is 5.49. The Balaban J connectivity index is 1.77. The Morgan fingerprint density at radius 2 is 1.48 bits per heavy atom. The van der Waals surface area contributed by atoms with Gasteiger partial charge in [0.25, 0.3) is 0 Å². The molecule has 162 valence electrons. The van der Waals surface area contributed by atoms with Crippen LogP contribution in [0.5, 0.6) is 11.5 Å². The largest absolute Gasteiger partial charge is 0.513 e. The second kappa shape index (κ2) is 11.0. The zero-order chi connectivity index (χ0) is 22.3. The molecule has 0 radical (unpaired) electrons. The first kappa shape index (κ1) is 23.5. The van der Waals surface area contributed by atoms with E-state index in [0.29, 0.717) is 14.7 Å². The molecule has 0 heterocycles. The zero-order valence-corrected chi connectivity index (χ0v) is 20.6. The molecule has 3 aromatic carbocycles. The van der Waals surface area contributed by atoms with Crippen molar-refractivity contribution in [3.05, 3.63) is 93.4 Å². The van der Waals surface area contributed by atoms with Crippen LogP contribution in [0.2, 0.25) is 0 Å². The van der Waals surface area contributed by atoms with Crippen molar-refractivity contribution in [2.75, 3.05) is 0 Å². The Labute approximate surface area is 197 Å². The molecule has 0 saturated heterocycles. The summed E-state index contributed by atoms with van der Waals surface area (Å²) < 4.78 is 31.6. The van der Waals surface area contributed by atoms with Gasteiger partial charge in [0.15, 0.2) is 5.75 Å². The Bertz CT molecular complexity index is 1050. The molecule has 6 nitrogen and oxygen atoms in total. The lowest BCUT2D eigenvalue weighted by Gasteiger charge is -2.24. The lowest BCUT2D eigenvalue weighted by atomic mass is 10.2. The quantitative estimate of drug-likeness (QED) is 0.235. The van der Waals surface area contributed by atoms with Crippen molar-refractivity contribution >= 4 is 45.6 Å². The summed E-state index contributed by atoms with van der Waals surface area (Å²) in [6, 6.07) is 22.2. The van der Waals surface area contributed by atoms with Crippen LogP contribution in [0, 0.1) is 0 Å². The highest BCUT2D eigenvalue weighted by Crippen LogP contribution is 2.49. The van der Waals surface area contributed by atoms with Crippen LogP contribution in [-0.4, -0.2) is 12.0 Å². The average Bonchev–Trinajstić information content (AvgIpc) is 2.76. The van der Waals surface area contributed by atoms with Crippen molar-refractivity contribution < 1.29 is 23.1 Å². The minimum atomic E-state index is -4.03. The SMILES string of the molecule is C[C@H](NP(=O)(Oc1ccccc1)Oc1c(Br)cccc1Br)C(=O)OCc1ccccc1. The molecular weight excluding hydrogens is 549 g/mol. The molecule has 3 aromatic rings. The molecule has 3 rings (SSSR count). The molecular formula is C22H20Br2NO5P. The predicted octanol–water partition coefficient (Wildman–Crippen LogP) is 6.50. The number of hydrogen-bond donors (Lipinski definition) is 1. The third-order valence-electron chi connectivity index (χ3n) is 4.03.